The lowest BCUT2D eigenvalue weighted by molar-refractivity contribution is 0.267. The first kappa shape index (κ1) is 15.0. The molecule has 1 aromatic carbocycles. The lowest BCUT2D eigenvalue weighted by atomic mass is 9.81. The van der Waals surface area contributed by atoms with E-state index in [4.69, 9.17) is 5.26 Å². The maximum Gasteiger partial charge on any atom is 0.129 e. The second kappa shape index (κ2) is 7.40. The third-order valence-electron chi connectivity index (χ3n) is 4.27. The smallest absolute Gasteiger partial charge is 0.129 e. The van der Waals surface area contributed by atoms with E-state index in [0.717, 1.165) is 18.4 Å². The maximum absolute atomic E-state index is 13.7. The van der Waals surface area contributed by atoms with E-state index in [9.17, 15) is 4.39 Å². The molecule has 0 amide bonds. The van der Waals surface area contributed by atoms with Gasteiger partial charge in [0.05, 0.1) is 11.6 Å². The van der Waals surface area contributed by atoms with Gasteiger partial charge >= 0.3 is 0 Å². The van der Waals surface area contributed by atoms with Crippen molar-refractivity contribution >= 4 is 0 Å². The largest absolute Gasteiger partial charge is 0.313 e. The molecule has 1 saturated carbocycles. The summed E-state index contributed by atoms with van der Waals surface area (Å²) in [5.41, 5.74) is 1.02. The molecular formula is C17H23FN2. The number of rotatable bonds is 5. The minimum Gasteiger partial charge on any atom is -0.313 e. The Balaban J connectivity index is 1.72. The lowest BCUT2D eigenvalue weighted by Gasteiger charge is -2.26. The van der Waals surface area contributed by atoms with Gasteiger partial charge in [-0.15, -0.1) is 0 Å². The number of benzene rings is 1. The summed E-state index contributed by atoms with van der Waals surface area (Å²) in [6.07, 6.45) is 6.60. The first-order valence-electron chi connectivity index (χ1n) is 7.58. The van der Waals surface area contributed by atoms with E-state index in [1.165, 1.54) is 38.2 Å². The number of nitrogens with zero attached hydrogens (tertiary/aromatic N) is 1. The second-order valence-corrected chi connectivity index (χ2v) is 6.02. The van der Waals surface area contributed by atoms with Crippen LogP contribution in [0.25, 0.3) is 0 Å². The minimum atomic E-state index is -0.289. The van der Waals surface area contributed by atoms with Gasteiger partial charge in [0.15, 0.2) is 0 Å². The quantitative estimate of drug-likeness (QED) is 0.824. The van der Waals surface area contributed by atoms with Crippen LogP contribution in [0.15, 0.2) is 18.2 Å². The van der Waals surface area contributed by atoms with Crippen molar-refractivity contribution < 1.29 is 4.39 Å². The molecule has 0 spiro atoms. The fourth-order valence-electron chi connectivity index (χ4n) is 3.11. The van der Waals surface area contributed by atoms with Crippen LogP contribution in [0.4, 0.5) is 4.39 Å². The summed E-state index contributed by atoms with van der Waals surface area (Å²) in [7, 11) is 0. The third-order valence-corrected chi connectivity index (χ3v) is 4.27. The summed E-state index contributed by atoms with van der Waals surface area (Å²) >= 11 is 0. The summed E-state index contributed by atoms with van der Waals surface area (Å²) in [6.45, 7) is 3.82. The SMILES string of the molecule is CC1CCCC(CCNCc2ccc(C#N)cc2F)C1. The van der Waals surface area contributed by atoms with Crippen molar-refractivity contribution in [1.29, 1.82) is 5.26 Å². The summed E-state index contributed by atoms with van der Waals surface area (Å²) in [6, 6.07) is 6.62. The van der Waals surface area contributed by atoms with Crippen LogP contribution in [0.3, 0.4) is 0 Å². The molecule has 2 nitrogen and oxygen atoms in total. The monoisotopic (exact) mass is 274 g/mol. The molecule has 108 valence electrons. The highest BCUT2D eigenvalue weighted by atomic mass is 19.1. The fraction of sp³-hybridized carbons (Fsp3) is 0.588. The molecule has 0 radical (unpaired) electrons. The van der Waals surface area contributed by atoms with E-state index in [-0.39, 0.29) is 5.82 Å². The van der Waals surface area contributed by atoms with Crippen LogP contribution < -0.4 is 5.32 Å². The zero-order valence-corrected chi connectivity index (χ0v) is 12.2. The van der Waals surface area contributed by atoms with Crippen LogP contribution in [0.5, 0.6) is 0 Å². The fourth-order valence-corrected chi connectivity index (χ4v) is 3.11. The van der Waals surface area contributed by atoms with E-state index in [1.807, 2.05) is 6.07 Å². The van der Waals surface area contributed by atoms with Crippen molar-refractivity contribution in [3.05, 3.63) is 35.1 Å². The molecule has 0 aliphatic heterocycles. The molecule has 1 N–H and O–H groups in total. The number of hydrogen-bond donors (Lipinski definition) is 1. The summed E-state index contributed by atoms with van der Waals surface area (Å²) in [5.74, 6) is 1.41. The van der Waals surface area contributed by atoms with Crippen LogP contribution in [-0.2, 0) is 6.54 Å². The molecule has 0 saturated heterocycles. The summed E-state index contributed by atoms with van der Waals surface area (Å²) in [4.78, 5) is 0. The average molecular weight is 274 g/mol. The molecule has 1 aliphatic rings. The highest BCUT2D eigenvalue weighted by Crippen LogP contribution is 2.30. The Bertz CT molecular complexity index is 478. The number of hydrogen-bond acceptors (Lipinski definition) is 2. The molecule has 2 atom stereocenters. The van der Waals surface area contributed by atoms with Gasteiger partial charge in [-0.25, -0.2) is 4.39 Å². The highest BCUT2D eigenvalue weighted by molar-refractivity contribution is 5.32. The van der Waals surface area contributed by atoms with Gasteiger partial charge in [0.2, 0.25) is 0 Å². The van der Waals surface area contributed by atoms with Gasteiger partial charge < -0.3 is 5.32 Å². The Morgan fingerprint density at radius 3 is 2.95 bits per heavy atom. The van der Waals surface area contributed by atoms with E-state index in [0.29, 0.717) is 17.7 Å². The Morgan fingerprint density at radius 2 is 2.25 bits per heavy atom. The van der Waals surface area contributed by atoms with E-state index >= 15 is 0 Å². The molecule has 20 heavy (non-hydrogen) atoms. The first-order chi connectivity index (χ1) is 9.69. The number of nitrogens with one attached hydrogen (secondary N) is 1. The van der Waals surface area contributed by atoms with Crippen molar-refractivity contribution in [2.24, 2.45) is 11.8 Å². The first-order valence-corrected chi connectivity index (χ1v) is 7.58. The molecule has 1 aromatic rings. The molecule has 0 aromatic heterocycles. The molecule has 1 aliphatic carbocycles. The molecule has 0 heterocycles. The molecule has 0 bridgehead atoms. The Kier molecular flexibility index (Phi) is 5.55. The van der Waals surface area contributed by atoms with Crippen molar-refractivity contribution in [1.82, 2.24) is 5.32 Å². The van der Waals surface area contributed by atoms with Gasteiger partial charge in [0.25, 0.3) is 0 Å². The second-order valence-electron chi connectivity index (χ2n) is 6.02. The summed E-state index contributed by atoms with van der Waals surface area (Å²) in [5, 5.41) is 12.0. The Morgan fingerprint density at radius 1 is 1.40 bits per heavy atom. The van der Waals surface area contributed by atoms with Crippen molar-refractivity contribution in [3.8, 4) is 6.07 Å². The number of halogens is 1. The van der Waals surface area contributed by atoms with E-state index < -0.39 is 0 Å². The van der Waals surface area contributed by atoms with E-state index in [2.05, 4.69) is 12.2 Å². The zero-order valence-electron chi connectivity index (χ0n) is 12.2. The van der Waals surface area contributed by atoms with Crippen LogP contribution in [-0.4, -0.2) is 6.54 Å². The predicted octanol–water partition coefficient (Wildman–Crippen LogP) is 4.00. The molecule has 2 unspecified atom stereocenters. The summed E-state index contributed by atoms with van der Waals surface area (Å²) < 4.78 is 13.7. The van der Waals surface area contributed by atoms with Gasteiger partial charge in [-0.3, -0.25) is 0 Å². The normalized spacial score (nSPS) is 22.4. The number of nitriles is 1. The van der Waals surface area contributed by atoms with Crippen LogP contribution in [0.2, 0.25) is 0 Å². The Hall–Kier alpha value is -1.40. The lowest BCUT2D eigenvalue weighted by Crippen LogP contribution is -2.21. The van der Waals surface area contributed by atoms with Gasteiger partial charge in [-0.1, -0.05) is 32.3 Å². The van der Waals surface area contributed by atoms with Gasteiger partial charge in [-0.05, 0) is 43.4 Å². The van der Waals surface area contributed by atoms with Crippen molar-refractivity contribution in [3.63, 3.8) is 0 Å². The topological polar surface area (TPSA) is 35.8 Å². The maximum atomic E-state index is 13.7. The molecule has 1 fully saturated rings. The van der Waals surface area contributed by atoms with Crippen LogP contribution >= 0.6 is 0 Å². The van der Waals surface area contributed by atoms with Crippen molar-refractivity contribution in [2.75, 3.05) is 6.54 Å². The van der Waals surface area contributed by atoms with E-state index in [1.54, 1.807) is 12.1 Å². The molecule has 3 heteroatoms. The highest BCUT2D eigenvalue weighted by Gasteiger charge is 2.18. The Labute approximate surface area is 121 Å². The molecule has 2 rings (SSSR count). The third kappa shape index (κ3) is 4.31. The molecular weight excluding hydrogens is 251 g/mol. The van der Waals surface area contributed by atoms with Gasteiger partial charge in [-0.2, -0.15) is 5.26 Å². The van der Waals surface area contributed by atoms with Crippen molar-refractivity contribution in [2.45, 2.75) is 45.6 Å². The van der Waals surface area contributed by atoms with Crippen LogP contribution in [0, 0.1) is 29.0 Å². The van der Waals surface area contributed by atoms with Crippen LogP contribution in [0.1, 0.15) is 50.2 Å². The van der Waals surface area contributed by atoms with Gasteiger partial charge in [0.1, 0.15) is 5.82 Å². The zero-order chi connectivity index (χ0) is 14.4. The van der Waals surface area contributed by atoms with Gasteiger partial charge in [0, 0.05) is 12.1 Å². The minimum absolute atomic E-state index is 0.289. The average Bonchev–Trinajstić information content (AvgIpc) is 2.45. The standard InChI is InChI=1S/C17H23FN2/c1-13-3-2-4-14(9-13)7-8-20-12-16-6-5-15(11-19)10-17(16)18/h5-6,10,13-14,20H,2-4,7-9,12H2,1H3. The predicted molar refractivity (Wildman–Crippen MR) is 78.6 cm³/mol.